The van der Waals surface area contributed by atoms with Gasteiger partial charge in [0.2, 0.25) is 0 Å². The fraction of sp³-hybridized carbons (Fsp3) is 0.944. The molecule has 2 N–H and O–H groups in total. The Bertz CT molecular complexity index is 316. The molecule has 1 saturated heterocycles. The highest BCUT2D eigenvalue weighted by Crippen LogP contribution is 2.25. The fourth-order valence-electron chi connectivity index (χ4n) is 3.25. The lowest BCUT2D eigenvalue weighted by Gasteiger charge is -2.33. The molecule has 1 fully saturated rings. The van der Waals surface area contributed by atoms with Gasteiger partial charge in [-0.2, -0.15) is 0 Å². The summed E-state index contributed by atoms with van der Waals surface area (Å²) in [6, 6.07) is 0.532. The summed E-state index contributed by atoms with van der Waals surface area (Å²) in [6.45, 7) is 12.0. The quantitative estimate of drug-likeness (QED) is 0.744. The monoisotopic (exact) mass is 312 g/mol. The summed E-state index contributed by atoms with van der Waals surface area (Å²) in [5.74, 6) is 1.24. The molecule has 0 aliphatic carbocycles. The molecule has 1 amide bonds. The highest BCUT2D eigenvalue weighted by Gasteiger charge is 2.26. The highest BCUT2D eigenvalue weighted by molar-refractivity contribution is 5.67. The number of hydrogen-bond acceptors (Lipinski definition) is 3. The van der Waals surface area contributed by atoms with Gasteiger partial charge in [0.15, 0.2) is 0 Å². The Morgan fingerprint density at radius 2 is 1.95 bits per heavy atom. The molecule has 130 valence electrons. The molecule has 1 heterocycles. The minimum atomic E-state index is -0.432. The Kier molecular flexibility index (Phi) is 8.23. The third-order valence-electron chi connectivity index (χ3n) is 4.62. The van der Waals surface area contributed by atoms with Crippen LogP contribution in [-0.4, -0.2) is 30.8 Å². The molecule has 0 unspecified atom stereocenters. The predicted octanol–water partition coefficient (Wildman–Crippen LogP) is 4.10. The smallest absolute Gasteiger partial charge is 0.407 e. The minimum absolute atomic E-state index is 0.294. The van der Waals surface area contributed by atoms with Crippen LogP contribution in [-0.2, 0) is 4.74 Å². The highest BCUT2D eigenvalue weighted by atomic mass is 16.6. The van der Waals surface area contributed by atoms with Gasteiger partial charge >= 0.3 is 6.09 Å². The molecule has 1 aliphatic heterocycles. The summed E-state index contributed by atoms with van der Waals surface area (Å²) in [4.78, 5) is 11.9. The zero-order chi connectivity index (χ0) is 16.6. The molecule has 1 rings (SSSR count). The first kappa shape index (κ1) is 19.3. The van der Waals surface area contributed by atoms with E-state index in [1.165, 1.54) is 38.5 Å². The van der Waals surface area contributed by atoms with Crippen molar-refractivity contribution in [3.05, 3.63) is 0 Å². The van der Waals surface area contributed by atoms with Crippen LogP contribution in [0, 0.1) is 11.8 Å². The molecule has 0 spiro atoms. The number of nitrogens with one attached hydrogen (secondary N) is 2. The third kappa shape index (κ3) is 7.48. The molecule has 0 radical (unpaired) electrons. The van der Waals surface area contributed by atoms with Crippen LogP contribution in [0.5, 0.6) is 0 Å². The standard InChI is InChI=1S/C18H36N2O2/c1-6-14(7-2)12-15(16-10-8-9-11-19-16)13-20-17(21)22-18(3,4)5/h14-16,19H,6-13H2,1-5H3,(H,20,21)/t15-,16-/m1/s1. The summed E-state index contributed by atoms with van der Waals surface area (Å²) < 4.78 is 5.36. The van der Waals surface area contributed by atoms with Gasteiger partial charge in [0.05, 0.1) is 0 Å². The average molecular weight is 312 g/mol. The van der Waals surface area contributed by atoms with Crippen molar-refractivity contribution in [1.82, 2.24) is 10.6 Å². The Hall–Kier alpha value is -0.770. The second-order valence-electron chi connectivity index (χ2n) is 7.62. The van der Waals surface area contributed by atoms with E-state index in [9.17, 15) is 4.79 Å². The van der Waals surface area contributed by atoms with Gasteiger partial charge in [0, 0.05) is 12.6 Å². The molecular formula is C18H36N2O2. The topological polar surface area (TPSA) is 50.4 Å². The molecule has 22 heavy (non-hydrogen) atoms. The van der Waals surface area contributed by atoms with Crippen molar-refractivity contribution in [2.75, 3.05) is 13.1 Å². The van der Waals surface area contributed by atoms with Crippen molar-refractivity contribution in [1.29, 1.82) is 0 Å². The van der Waals surface area contributed by atoms with Gasteiger partial charge in [0.1, 0.15) is 5.60 Å². The fourth-order valence-corrected chi connectivity index (χ4v) is 3.25. The Balaban J connectivity index is 2.55. The lowest BCUT2D eigenvalue weighted by Crippen LogP contribution is -2.46. The number of hydrogen-bond donors (Lipinski definition) is 2. The van der Waals surface area contributed by atoms with Crippen LogP contribution in [0.1, 0.15) is 73.1 Å². The molecule has 2 atom stereocenters. The zero-order valence-corrected chi connectivity index (χ0v) is 15.2. The van der Waals surface area contributed by atoms with Crippen molar-refractivity contribution in [3.63, 3.8) is 0 Å². The van der Waals surface area contributed by atoms with Gasteiger partial charge in [-0.05, 0) is 58.4 Å². The molecule has 0 bridgehead atoms. The van der Waals surface area contributed by atoms with Crippen LogP contribution in [0.3, 0.4) is 0 Å². The summed E-state index contributed by atoms with van der Waals surface area (Å²) >= 11 is 0. The lowest BCUT2D eigenvalue weighted by atomic mass is 9.83. The van der Waals surface area contributed by atoms with Crippen LogP contribution in [0.4, 0.5) is 4.79 Å². The SMILES string of the molecule is CCC(CC)C[C@H](CNC(=O)OC(C)(C)C)[C@H]1CCCCN1. The number of rotatable bonds is 7. The number of carbonyl (C=O) groups is 1. The van der Waals surface area contributed by atoms with E-state index < -0.39 is 5.60 Å². The van der Waals surface area contributed by atoms with E-state index in [2.05, 4.69) is 24.5 Å². The maximum Gasteiger partial charge on any atom is 0.407 e. The van der Waals surface area contributed by atoms with Crippen molar-refractivity contribution in [3.8, 4) is 0 Å². The van der Waals surface area contributed by atoms with Crippen molar-refractivity contribution >= 4 is 6.09 Å². The number of ether oxygens (including phenoxy) is 1. The first-order valence-corrected chi connectivity index (χ1v) is 9.06. The van der Waals surface area contributed by atoms with Crippen LogP contribution in [0.2, 0.25) is 0 Å². The van der Waals surface area contributed by atoms with Gasteiger partial charge in [-0.15, -0.1) is 0 Å². The number of amides is 1. The first-order chi connectivity index (χ1) is 10.4. The summed E-state index contributed by atoms with van der Waals surface area (Å²) in [7, 11) is 0. The molecule has 0 saturated carbocycles. The number of alkyl carbamates (subject to hydrolysis) is 1. The Morgan fingerprint density at radius 3 is 2.45 bits per heavy atom. The van der Waals surface area contributed by atoms with Gasteiger partial charge in [-0.3, -0.25) is 0 Å². The van der Waals surface area contributed by atoms with Crippen LogP contribution in [0.25, 0.3) is 0 Å². The second kappa shape index (κ2) is 9.39. The molecule has 1 aliphatic rings. The second-order valence-corrected chi connectivity index (χ2v) is 7.62. The molecule has 4 heteroatoms. The summed E-state index contributed by atoms with van der Waals surface area (Å²) in [5, 5.41) is 6.64. The molecule has 0 aromatic rings. The largest absolute Gasteiger partial charge is 0.444 e. The van der Waals surface area contributed by atoms with Crippen LogP contribution in [0.15, 0.2) is 0 Å². The lowest BCUT2D eigenvalue weighted by molar-refractivity contribution is 0.0510. The van der Waals surface area contributed by atoms with E-state index in [4.69, 9.17) is 4.74 Å². The summed E-state index contributed by atoms with van der Waals surface area (Å²) in [5.41, 5.74) is -0.432. The minimum Gasteiger partial charge on any atom is -0.444 e. The van der Waals surface area contributed by atoms with Crippen LogP contribution >= 0.6 is 0 Å². The van der Waals surface area contributed by atoms with Gasteiger partial charge in [-0.1, -0.05) is 33.1 Å². The first-order valence-electron chi connectivity index (χ1n) is 9.06. The molecular weight excluding hydrogens is 276 g/mol. The molecule has 4 nitrogen and oxygen atoms in total. The molecule has 0 aromatic heterocycles. The molecule has 0 aromatic carbocycles. The van der Waals surface area contributed by atoms with Crippen molar-refractivity contribution < 1.29 is 9.53 Å². The van der Waals surface area contributed by atoms with Gasteiger partial charge in [0.25, 0.3) is 0 Å². The van der Waals surface area contributed by atoms with Gasteiger partial charge < -0.3 is 15.4 Å². The van der Waals surface area contributed by atoms with E-state index in [1.807, 2.05) is 20.8 Å². The van der Waals surface area contributed by atoms with Gasteiger partial charge in [-0.25, -0.2) is 4.79 Å². The number of carbonyl (C=O) groups excluding carboxylic acids is 1. The van der Waals surface area contributed by atoms with Crippen molar-refractivity contribution in [2.24, 2.45) is 11.8 Å². The Labute approximate surface area is 136 Å². The zero-order valence-electron chi connectivity index (χ0n) is 15.2. The van der Waals surface area contributed by atoms with E-state index in [0.717, 1.165) is 12.5 Å². The summed E-state index contributed by atoms with van der Waals surface area (Å²) in [6.07, 6.45) is 7.11. The predicted molar refractivity (Wildman–Crippen MR) is 92.1 cm³/mol. The van der Waals surface area contributed by atoms with Crippen LogP contribution < -0.4 is 10.6 Å². The van der Waals surface area contributed by atoms with E-state index >= 15 is 0 Å². The average Bonchev–Trinajstić information content (AvgIpc) is 2.47. The van der Waals surface area contributed by atoms with E-state index in [1.54, 1.807) is 0 Å². The number of piperidine rings is 1. The van der Waals surface area contributed by atoms with E-state index in [-0.39, 0.29) is 6.09 Å². The third-order valence-corrected chi connectivity index (χ3v) is 4.62. The normalized spacial score (nSPS) is 20.7. The Morgan fingerprint density at radius 1 is 1.27 bits per heavy atom. The maximum absolute atomic E-state index is 11.9. The van der Waals surface area contributed by atoms with E-state index in [0.29, 0.717) is 18.5 Å². The van der Waals surface area contributed by atoms with Crippen molar-refractivity contribution in [2.45, 2.75) is 84.8 Å². The maximum atomic E-state index is 11.9.